The summed E-state index contributed by atoms with van der Waals surface area (Å²) in [6.07, 6.45) is -2.46. The lowest BCUT2D eigenvalue weighted by molar-refractivity contribution is -0.376. The third kappa shape index (κ3) is 19.3. The van der Waals surface area contributed by atoms with Crippen molar-refractivity contribution in [3.8, 4) is 0 Å². The van der Waals surface area contributed by atoms with Crippen LogP contribution in [0.4, 0.5) is 0 Å². The SMILES string of the molecule is CCC1O[C@@H](OC2[C@H](O[C@H]3CCC4(C)C5CC=C6C7CC(C)(C)CC[C@]7(C(=O)S[C@@H]7OC(COCc8ccccc8)[C@H](N)C(C)C7O[C@@H]7OC(C)[C@H](O[C@@H]8OC[C@@H](OCc9ccccc9)C(OCc9ccccc9)C8C)C8OC(C)(C)OC87)C(OC)C[C@@]6(C)[C@@]5(C)CC[C@H]4[C@@]3(C)C=O)OC(C(C)=O)[C@@H](C)[C@@H]2O[C@@H]2OC[C@@H](C)[C@@H](C)C2C)C(O[Si](CC)(CC)CC)[C@@H](C)[C@@H]1C. The molecule has 720 valence electrons. The maximum atomic E-state index is 17.1. The second-order valence-corrected chi connectivity index (χ2v) is 49.6. The molecule has 0 aromatic heterocycles. The van der Waals surface area contributed by atoms with Crippen LogP contribution in [-0.2, 0) is 119 Å². The number of Topliss-reactive ketones (excluding diaryl/α,β-unsaturated/α-hetero) is 1. The summed E-state index contributed by atoms with van der Waals surface area (Å²) in [5, 5.41) is 0.0109. The van der Waals surface area contributed by atoms with E-state index in [9.17, 15) is 9.59 Å². The number of methoxy groups -OCH3 is 1. The number of rotatable bonds is 31. The summed E-state index contributed by atoms with van der Waals surface area (Å²) in [5.41, 5.74) is 7.80. The van der Waals surface area contributed by atoms with Gasteiger partial charge in [0.1, 0.15) is 54.4 Å². The number of hydrogen-bond acceptors (Lipinski definition) is 23. The summed E-state index contributed by atoms with van der Waals surface area (Å²) >= 11 is 1.23. The number of allylic oxidation sites excluding steroid dienone is 2. The van der Waals surface area contributed by atoms with Gasteiger partial charge in [0.15, 0.2) is 51.3 Å². The van der Waals surface area contributed by atoms with Gasteiger partial charge >= 0.3 is 0 Å². The average molecular weight is 1830 g/mol. The molecule has 15 rings (SSSR count). The molecule has 2 N–H and O–H groups in total. The molecule has 22 nitrogen and oxygen atoms in total. The molecule has 11 fully saturated rings. The van der Waals surface area contributed by atoms with E-state index in [4.69, 9.17) is 90.7 Å². The Morgan fingerprint density at radius 1 is 0.550 bits per heavy atom. The minimum absolute atomic E-state index is 0.0109. The van der Waals surface area contributed by atoms with E-state index in [1.54, 1.807) is 6.92 Å². The van der Waals surface area contributed by atoms with Crippen molar-refractivity contribution in [1.29, 1.82) is 0 Å². The van der Waals surface area contributed by atoms with Crippen LogP contribution in [0.2, 0.25) is 18.1 Å². The van der Waals surface area contributed by atoms with Crippen LogP contribution in [0, 0.1) is 97.6 Å². The molecule has 17 unspecified atom stereocenters. The van der Waals surface area contributed by atoms with Crippen LogP contribution in [0.1, 0.15) is 233 Å². The standard InChI is InChI=1S/C105H159NO21SSi/c1-24-75-62(7)63(8)86(127-129(25-2,26-3)27-4)94(117-75)124-90-85(121-92-64(9)61(6)60(5)53-114-92)66(11)83(68(13)108)120-95(90)119-80-46-47-101(19)78(102(80,20)59-107)45-48-103(21)79(101)44-43-73-74-51-99(15,16)49-50-105(74,81(110-23)52-104(73,103)22)98(109)128-97-87(65(10)82(106)76(118-97)57-111-54-70-37-31-28-32-38-70)122-96-91-89(125-100(17,18)126-91)88(69(14)116-96)123-93-67(12)84(113-56-72-41-35-30-36-42-72)77(58-115-93)112-55-71-39-33-29-34-40-71/h28-43,59-67,69,74-97H,24-27,44-58,106H2,1-23H3/t60-,61-,62+,63+,64?,65?,66-,67?,69?,74?,75?,76?,77-,78-,79?,80+,81?,82-,83?,84?,85+,86?,87?,88+,89?,90?,91?,92+,93+,94+,95-,96+,97+,101?,102-,103+,104-,105-/m1/s1. The van der Waals surface area contributed by atoms with Crippen molar-refractivity contribution in [2.75, 3.05) is 26.9 Å². The fourth-order valence-corrected chi connectivity index (χ4v) is 30.8. The van der Waals surface area contributed by atoms with Crippen LogP contribution in [0.15, 0.2) is 103 Å². The normalized spacial score (nSPS) is 44.9. The Labute approximate surface area is 776 Å². The Morgan fingerprint density at radius 2 is 1.16 bits per heavy atom. The molecule has 38 atom stereocenters. The third-order valence-corrected chi connectivity index (χ3v) is 41.4. The maximum Gasteiger partial charge on any atom is 0.200 e. The lowest BCUT2D eigenvalue weighted by Crippen LogP contribution is -2.68. The van der Waals surface area contributed by atoms with Gasteiger partial charge in [-0.2, -0.15) is 0 Å². The predicted molar refractivity (Wildman–Crippen MR) is 497 cm³/mol. The van der Waals surface area contributed by atoms with Gasteiger partial charge in [-0.1, -0.05) is 239 Å². The third-order valence-electron chi connectivity index (χ3n) is 35.5. The Morgan fingerprint density at radius 3 is 1.79 bits per heavy atom. The van der Waals surface area contributed by atoms with Crippen LogP contribution >= 0.6 is 11.8 Å². The van der Waals surface area contributed by atoms with E-state index < -0.39 is 164 Å². The van der Waals surface area contributed by atoms with E-state index in [1.807, 2.05) is 102 Å². The predicted octanol–water partition coefficient (Wildman–Crippen LogP) is 19.1. The number of hydrogen-bond donors (Lipinski definition) is 1. The van der Waals surface area contributed by atoms with Gasteiger partial charge < -0.3 is 95.5 Å². The molecule has 0 amide bonds. The van der Waals surface area contributed by atoms with Crippen LogP contribution in [0.3, 0.4) is 0 Å². The molecule has 4 saturated carbocycles. The maximum absolute atomic E-state index is 17.1. The number of carbonyl (C=O) groups is 3. The van der Waals surface area contributed by atoms with Gasteiger partial charge in [0, 0.05) is 36.8 Å². The number of ketones is 1. The van der Waals surface area contributed by atoms with Crippen LogP contribution in [0.5, 0.6) is 0 Å². The molecule has 7 saturated heterocycles. The number of ether oxygens (including phenoxy) is 17. The van der Waals surface area contributed by atoms with Gasteiger partial charge in [0.05, 0.1) is 99.3 Å². The molecule has 5 aliphatic carbocycles. The van der Waals surface area contributed by atoms with Crippen molar-refractivity contribution < 1.29 is 99.3 Å². The van der Waals surface area contributed by atoms with E-state index in [1.165, 1.54) is 23.6 Å². The van der Waals surface area contributed by atoms with Gasteiger partial charge in [-0.3, -0.25) is 9.59 Å². The van der Waals surface area contributed by atoms with Gasteiger partial charge in [-0.25, -0.2) is 0 Å². The molecular formula is C105H159NO21SSi. The van der Waals surface area contributed by atoms with Gasteiger partial charge in [-0.05, 0) is 190 Å². The fourth-order valence-electron chi connectivity index (χ4n) is 26.4. The van der Waals surface area contributed by atoms with Crippen LogP contribution < -0.4 is 5.73 Å². The Hall–Kier alpha value is -3.78. The largest absolute Gasteiger partial charge is 0.408 e. The lowest BCUT2D eigenvalue weighted by atomic mass is 9.33. The van der Waals surface area contributed by atoms with Crippen molar-refractivity contribution in [2.45, 2.75) is 395 Å². The number of carbonyl (C=O) groups excluding carboxylic acids is 3. The van der Waals surface area contributed by atoms with Crippen molar-refractivity contribution >= 4 is 37.3 Å². The quantitative estimate of drug-likeness (QED) is 0.0272. The van der Waals surface area contributed by atoms with Gasteiger partial charge in [-0.15, -0.1) is 0 Å². The Balaban J connectivity index is 0.709. The first-order chi connectivity index (χ1) is 61.4. The molecule has 3 aromatic carbocycles. The summed E-state index contributed by atoms with van der Waals surface area (Å²) in [5.74, 6) is -1.65. The number of fused-ring (bicyclic) bond motifs is 8. The second kappa shape index (κ2) is 40.3. The van der Waals surface area contributed by atoms with Crippen molar-refractivity contribution in [2.24, 2.45) is 103 Å². The van der Waals surface area contributed by atoms with E-state index in [-0.39, 0.29) is 94.0 Å². The van der Waals surface area contributed by atoms with Crippen molar-refractivity contribution in [3.05, 3.63) is 119 Å². The van der Waals surface area contributed by atoms with Gasteiger partial charge in [0.25, 0.3) is 0 Å². The highest BCUT2D eigenvalue weighted by Crippen LogP contribution is 2.77. The molecule has 12 aliphatic rings. The van der Waals surface area contributed by atoms with E-state index in [0.29, 0.717) is 57.5 Å². The second-order valence-electron chi connectivity index (χ2n) is 43.8. The Kier molecular flexibility index (Phi) is 31.2. The summed E-state index contributed by atoms with van der Waals surface area (Å²) in [6, 6.07) is 32.6. The molecule has 7 heterocycles. The molecule has 3 aromatic rings. The summed E-state index contributed by atoms with van der Waals surface area (Å²) in [4.78, 5) is 46.4. The zero-order valence-electron chi connectivity index (χ0n) is 81.9. The fraction of sp³-hybridized carbons (Fsp3) is 0.781. The minimum atomic E-state index is -2.27. The van der Waals surface area contributed by atoms with Crippen molar-refractivity contribution in [3.63, 3.8) is 0 Å². The first-order valence-corrected chi connectivity index (χ1v) is 53.0. The number of aldehydes is 1. The summed E-state index contributed by atoms with van der Waals surface area (Å²) in [7, 11) is -0.448. The average Bonchev–Trinajstić information content (AvgIpc) is 0.763. The molecular weight excluding hydrogens is 1670 g/mol. The lowest BCUT2D eigenvalue weighted by Gasteiger charge is -2.72. The molecule has 0 spiro atoms. The van der Waals surface area contributed by atoms with Crippen LogP contribution in [-0.4, -0.2) is 193 Å². The molecule has 0 bridgehead atoms. The van der Waals surface area contributed by atoms with Crippen LogP contribution in [0.25, 0.3) is 0 Å². The highest BCUT2D eigenvalue weighted by atomic mass is 32.2. The Bertz CT molecular complexity index is 4240. The van der Waals surface area contributed by atoms with E-state index in [2.05, 4.69) is 148 Å². The zero-order valence-corrected chi connectivity index (χ0v) is 83.7. The number of nitrogens with two attached hydrogens (primary N) is 1. The summed E-state index contributed by atoms with van der Waals surface area (Å²) in [6.45, 7) is 50.2. The zero-order chi connectivity index (χ0) is 92.4. The molecule has 129 heavy (non-hydrogen) atoms. The molecule has 7 aliphatic heterocycles. The highest BCUT2D eigenvalue weighted by molar-refractivity contribution is 8.14. The molecule has 24 heteroatoms. The van der Waals surface area contributed by atoms with Crippen molar-refractivity contribution in [1.82, 2.24) is 0 Å². The van der Waals surface area contributed by atoms with Gasteiger partial charge in [0.2, 0.25) is 5.12 Å². The smallest absolute Gasteiger partial charge is 0.200 e. The topological polar surface area (TPSA) is 243 Å². The highest BCUT2D eigenvalue weighted by Gasteiger charge is 2.73. The number of thioether (sulfide) groups is 1. The van der Waals surface area contributed by atoms with E-state index in [0.717, 1.165) is 79.8 Å². The number of benzene rings is 3. The molecule has 0 radical (unpaired) electrons. The first kappa shape index (κ1) is 99.7. The minimum Gasteiger partial charge on any atom is -0.408 e. The van der Waals surface area contributed by atoms with E-state index >= 15 is 4.79 Å². The monoisotopic (exact) mass is 1830 g/mol. The first-order valence-electron chi connectivity index (χ1n) is 49.6. The summed E-state index contributed by atoms with van der Waals surface area (Å²) < 4.78 is 128.